The Balaban J connectivity index is 2.87. The number of benzene rings is 1. The molecular formula is C12H16BrNO3S. The van der Waals surface area contributed by atoms with E-state index < -0.39 is 9.84 Å². The molecule has 0 bridgehead atoms. The van der Waals surface area contributed by atoms with E-state index in [-0.39, 0.29) is 23.0 Å². The molecule has 0 spiro atoms. The van der Waals surface area contributed by atoms with Gasteiger partial charge in [0.25, 0.3) is 0 Å². The summed E-state index contributed by atoms with van der Waals surface area (Å²) in [5.74, 6) is -0.349. The summed E-state index contributed by atoms with van der Waals surface area (Å²) in [6, 6.07) is 4.86. The van der Waals surface area contributed by atoms with Crippen LogP contribution in [-0.4, -0.2) is 39.1 Å². The van der Waals surface area contributed by atoms with Crippen molar-refractivity contribution in [2.75, 3.05) is 19.8 Å². The smallest absolute Gasteiger partial charge is 0.223 e. The van der Waals surface area contributed by atoms with E-state index in [1.54, 1.807) is 32.3 Å². The molecule has 1 rings (SSSR count). The Kier molecular flexibility index (Phi) is 4.92. The Bertz CT molecular complexity index is 552. The van der Waals surface area contributed by atoms with Gasteiger partial charge < -0.3 is 4.90 Å². The van der Waals surface area contributed by atoms with Crippen LogP contribution >= 0.6 is 15.9 Å². The van der Waals surface area contributed by atoms with Gasteiger partial charge in [-0.25, -0.2) is 8.42 Å². The largest absolute Gasteiger partial charge is 0.349 e. The average molecular weight is 334 g/mol. The van der Waals surface area contributed by atoms with Gasteiger partial charge in [0.2, 0.25) is 5.91 Å². The molecule has 0 saturated carbocycles. The Morgan fingerprint density at radius 1 is 1.33 bits per heavy atom. The molecule has 0 radical (unpaired) electrons. The fourth-order valence-electron chi connectivity index (χ4n) is 1.37. The lowest BCUT2D eigenvalue weighted by Crippen LogP contribution is -2.24. The van der Waals surface area contributed by atoms with E-state index in [4.69, 9.17) is 0 Å². The first-order valence-electron chi connectivity index (χ1n) is 5.43. The second-order valence-electron chi connectivity index (χ2n) is 4.27. The highest BCUT2D eigenvalue weighted by molar-refractivity contribution is 9.10. The van der Waals surface area contributed by atoms with E-state index in [1.807, 2.05) is 6.92 Å². The fraction of sp³-hybridized carbons (Fsp3) is 0.417. The highest BCUT2D eigenvalue weighted by atomic mass is 79.9. The second-order valence-corrected chi connectivity index (χ2v) is 7.23. The summed E-state index contributed by atoms with van der Waals surface area (Å²) in [6.07, 6.45) is 0.00441. The summed E-state index contributed by atoms with van der Waals surface area (Å²) < 4.78 is 24.9. The van der Waals surface area contributed by atoms with E-state index in [0.29, 0.717) is 0 Å². The van der Waals surface area contributed by atoms with Crippen molar-refractivity contribution in [3.63, 3.8) is 0 Å². The van der Waals surface area contributed by atoms with E-state index in [2.05, 4.69) is 15.9 Å². The number of hydrogen-bond donors (Lipinski definition) is 0. The second kappa shape index (κ2) is 5.84. The van der Waals surface area contributed by atoms with E-state index >= 15 is 0 Å². The van der Waals surface area contributed by atoms with Crippen LogP contribution in [0.1, 0.15) is 12.0 Å². The van der Waals surface area contributed by atoms with Crippen LogP contribution in [0.15, 0.2) is 27.6 Å². The summed E-state index contributed by atoms with van der Waals surface area (Å²) in [6.45, 7) is 1.83. The van der Waals surface area contributed by atoms with Gasteiger partial charge in [0.05, 0.1) is 10.6 Å². The SMILES string of the molecule is Cc1cc(S(=O)(=O)CCC(=O)N(C)C)ccc1Br. The van der Waals surface area contributed by atoms with Gasteiger partial charge in [0.15, 0.2) is 9.84 Å². The zero-order chi connectivity index (χ0) is 13.9. The lowest BCUT2D eigenvalue weighted by molar-refractivity contribution is -0.128. The first kappa shape index (κ1) is 15.2. The van der Waals surface area contributed by atoms with Crippen molar-refractivity contribution in [1.82, 2.24) is 4.90 Å². The highest BCUT2D eigenvalue weighted by Gasteiger charge is 2.17. The molecule has 0 N–H and O–H groups in total. The number of hydrogen-bond acceptors (Lipinski definition) is 3. The van der Waals surface area contributed by atoms with Gasteiger partial charge in [0, 0.05) is 25.0 Å². The minimum absolute atomic E-state index is 0.00441. The molecule has 4 nitrogen and oxygen atoms in total. The molecule has 0 aliphatic carbocycles. The minimum atomic E-state index is -3.40. The standard InChI is InChI=1S/C12H16BrNO3S/c1-9-8-10(4-5-11(9)13)18(16,17)7-6-12(15)14(2)3/h4-5,8H,6-7H2,1-3H3. The number of rotatable bonds is 4. The number of carbonyl (C=O) groups is 1. The van der Waals surface area contributed by atoms with Crippen molar-refractivity contribution in [2.24, 2.45) is 0 Å². The Morgan fingerprint density at radius 3 is 2.44 bits per heavy atom. The summed E-state index contributed by atoms with van der Waals surface area (Å²) in [5, 5.41) is 0. The van der Waals surface area contributed by atoms with Gasteiger partial charge in [-0.15, -0.1) is 0 Å². The maximum Gasteiger partial charge on any atom is 0.223 e. The topological polar surface area (TPSA) is 54.5 Å². The first-order valence-corrected chi connectivity index (χ1v) is 7.87. The van der Waals surface area contributed by atoms with Crippen LogP contribution in [0, 0.1) is 6.92 Å². The van der Waals surface area contributed by atoms with Crippen LogP contribution in [0.25, 0.3) is 0 Å². The molecule has 0 saturated heterocycles. The van der Waals surface area contributed by atoms with E-state index in [0.717, 1.165) is 10.0 Å². The molecule has 1 amide bonds. The molecule has 1 aromatic carbocycles. The Hall–Kier alpha value is -0.880. The van der Waals surface area contributed by atoms with Crippen molar-refractivity contribution in [3.05, 3.63) is 28.2 Å². The van der Waals surface area contributed by atoms with E-state index in [1.165, 1.54) is 4.90 Å². The van der Waals surface area contributed by atoms with Crippen molar-refractivity contribution < 1.29 is 13.2 Å². The molecule has 18 heavy (non-hydrogen) atoms. The van der Waals surface area contributed by atoms with Crippen LogP contribution in [-0.2, 0) is 14.6 Å². The summed E-state index contributed by atoms with van der Waals surface area (Å²) in [7, 11) is -0.177. The maximum atomic E-state index is 12.0. The number of aryl methyl sites for hydroxylation is 1. The zero-order valence-corrected chi connectivity index (χ0v) is 13.0. The molecule has 0 atom stereocenters. The van der Waals surface area contributed by atoms with Gasteiger partial charge >= 0.3 is 0 Å². The van der Waals surface area contributed by atoms with Gasteiger partial charge in [-0.3, -0.25) is 4.79 Å². The van der Waals surface area contributed by atoms with Gasteiger partial charge in [0.1, 0.15) is 0 Å². The Labute approximate surface area is 116 Å². The van der Waals surface area contributed by atoms with Crippen LogP contribution in [0.3, 0.4) is 0 Å². The van der Waals surface area contributed by atoms with Crippen LogP contribution in [0.2, 0.25) is 0 Å². The summed E-state index contributed by atoms with van der Waals surface area (Å²) in [4.78, 5) is 13.0. The number of amides is 1. The third kappa shape index (κ3) is 3.81. The zero-order valence-electron chi connectivity index (χ0n) is 10.6. The minimum Gasteiger partial charge on any atom is -0.349 e. The fourth-order valence-corrected chi connectivity index (χ4v) is 2.93. The van der Waals surface area contributed by atoms with Crippen LogP contribution in [0.4, 0.5) is 0 Å². The Morgan fingerprint density at radius 2 is 1.94 bits per heavy atom. The van der Waals surface area contributed by atoms with Crippen molar-refractivity contribution in [2.45, 2.75) is 18.2 Å². The van der Waals surface area contributed by atoms with Crippen molar-refractivity contribution in [1.29, 1.82) is 0 Å². The third-order valence-electron chi connectivity index (χ3n) is 2.57. The molecule has 0 fully saturated rings. The van der Waals surface area contributed by atoms with Gasteiger partial charge in [-0.2, -0.15) is 0 Å². The molecule has 1 aromatic rings. The monoisotopic (exact) mass is 333 g/mol. The molecule has 6 heteroatoms. The van der Waals surface area contributed by atoms with Gasteiger partial charge in [-0.05, 0) is 30.7 Å². The normalized spacial score (nSPS) is 11.3. The van der Waals surface area contributed by atoms with Crippen molar-refractivity contribution in [3.8, 4) is 0 Å². The quantitative estimate of drug-likeness (QED) is 0.846. The molecule has 100 valence electrons. The van der Waals surface area contributed by atoms with E-state index in [9.17, 15) is 13.2 Å². The van der Waals surface area contributed by atoms with Crippen LogP contribution in [0.5, 0.6) is 0 Å². The number of halogens is 1. The first-order chi connectivity index (χ1) is 8.24. The van der Waals surface area contributed by atoms with Crippen molar-refractivity contribution >= 4 is 31.7 Å². The third-order valence-corrected chi connectivity index (χ3v) is 5.18. The highest BCUT2D eigenvalue weighted by Crippen LogP contribution is 2.21. The molecule has 0 aromatic heterocycles. The maximum absolute atomic E-state index is 12.0. The molecular weight excluding hydrogens is 318 g/mol. The predicted molar refractivity (Wildman–Crippen MR) is 74.2 cm³/mol. The predicted octanol–water partition coefficient (Wildman–Crippen LogP) is 2.01. The lowest BCUT2D eigenvalue weighted by atomic mass is 10.2. The number of nitrogens with zero attached hydrogens (tertiary/aromatic N) is 1. The summed E-state index contributed by atoms with van der Waals surface area (Å²) in [5.41, 5.74) is 0.856. The average Bonchev–Trinajstić information content (AvgIpc) is 2.29. The van der Waals surface area contributed by atoms with Gasteiger partial charge in [-0.1, -0.05) is 15.9 Å². The summed E-state index contributed by atoms with van der Waals surface area (Å²) >= 11 is 3.32. The number of carbonyl (C=O) groups excluding carboxylic acids is 1. The molecule has 0 heterocycles. The molecule has 0 aliphatic heterocycles. The molecule has 0 aliphatic rings. The lowest BCUT2D eigenvalue weighted by Gasteiger charge is -2.10. The van der Waals surface area contributed by atoms with Crippen LogP contribution < -0.4 is 0 Å². The molecule has 0 unspecified atom stereocenters. The number of sulfone groups is 1.